The first-order chi connectivity index (χ1) is 4.56. The van der Waals surface area contributed by atoms with Gasteiger partial charge in [0.2, 0.25) is 0 Å². The Hall–Kier alpha value is -0.310. The average Bonchev–Trinajstić information content (AvgIpc) is 2.08. The second kappa shape index (κ2) is 2.38. The number of rotatable bonds is 1. The van der Waals surface area contributed by atoms with Gasteiger partial charge in [0.1, 0.15) is 0 Å². The maximum absolute atomic E-state index is 11.1. The summed E-state index contributed by atoms with van der Waals surface area (Å²) in [6, 6.07) is 0. The first-order valence-corrected chi connectivity index (χ1v) is 4.19. The molecule has 0 atom stereocenters. The van der Waals surface area contributed by atoms with Gasteiger partial charge in [0.15, 0.2) is 0 Å². The summed E-state index contributed by atoms with van der Waals surface area (Å²) in [6.07, 6.45) is 0.875. The second-order valence-corrected chi connectivity index (χ2v) is 4.47. The van der Waals surface area contributed by atoms with Crippen molar-refractivity contribution in [2.24, 2.45) is 4.99 Å². The summed E-state index contributed by atoms with van der Waals surface area (Å²) >= 11 is 1.58. The smallest absolute Gasteiger partial charge is 0.262 e. The van der Waals surface area contributed by atoms with Gasteiger partial charge >= 0.3 is 0 Å². The molecule has 0 spiro atoms. The fourth-order valence-corrected chi connectivity index (χ4v) is 1.76. The van der Waals surface area contributed by atoms with Gasteiger partial charge in [-0.05, 0) is 20.3 Å². The zero-order valence-corrected chi connectivity index (χ0v) is 7.29. The Balaban J connectivity index is 2.76. The summed E-state index contributed by atoms with van der Waals surface area (Å²) in [6.45, 7) is 5.83. The lowest BCUT2D eigenvalue weighted by Crippen LogP contribution is -2.21. The Kier molecular flexibility index (Phi) is 1.86. The fourth-order valence-electron chi connectivity index (χ4n) is 0.760. The minimum atomic E-state index is -0.300. The number of hydrogen-bond donors (Lipinski definition) is 0. The molecular weight excluding hydrogens is 146 g/mol. The van der Waals surface area contributed by atoms with Crippen molar-refractivity contribution in [3.05, 3.63) is 0 Å². The van der Waals surface area contributed by atoms with Crippen LogP contribution >= 0.6 is 11.8 Å². The molecule has 1 amide bonds. The van der Waals surface area contributed by atoms with Crippen molar-refractivity contribution in [2.75, 3.05) is 0 Å². The minimum absolute atomic E-state index is 0.00866. The van der Waals surface area contributed by atoms with Gasteiger partial charge in [-0.2, -0.15) is 0 Å². The summed E-state index contributed by atoms with van der Waals surface area (Å²) < 4.78 is -0.300. The van der Waals surface area contributed by atoms with Crippen LogP contribution in [0.1, 0.15) is 27.2 Å². The molecule has 0 aromatic heterocycles. The highest BCUT2D eigenvalue weighted by Crippen LogP contribution is 2.33. The highest BCUT2D eigenvalue weighted by atomic mass is 32.2. The lowest BCUT2D eigenvalue weighted by Gasteiger charge is -2.10. The van der Waals surface area contributed by atoms with E-state index in [-0.39, 0.29) is 10.7 Å². The van der Waals surface area contributed by atoms with E-state index >= 15 is 0 Å². The standard InChI is InChI=1S/C7H11NOS/c1-4-5-8-6(9)7(2,3)10-5/h4H2,1-3H3. The SMILES string of the molecule is CCC1=NC(=O)C(C)(C)S1. The highest BCUT2D eigenvalue weighted by molar-refractivity contribution is 8.16. The molecule has 1 heterocycles. The zero-order valence-electron chi connectivity index (χ0n) is 6.47. The van der Waals surface area contributed by atoms with Gasteiger partial charge in [0.25, 0.3) is 5.91 Å². The van der Waals surface area contributed by atoms with E-state index < -0.39 is 0 Å². The molecule has 1 aliphatic rings. The van der Waals surface area contributed by atoms with Gasteiger partial charge in [0, 0.05) is 0 Å². The van der Waals surface area contributed by atoms with Crippen LogP contribution in [0.2, 0.25) is 0 Å². The Bertz CT molecular complexity index is 196. The number of nitrogens with zero attached hydrogens (tertiary/aromatic N) is 1. The first kappa shape index (κ1) is 7.79. The van der Waals surface area contributed by atoms with Crippen LogP contribution in [0.5, 0.6) is 0 Å². The van der Waals surface area contributed by atoms with Crippen molar-refractivity contribution < 1.29 is 4.79 Å². The van der Waals surface area contributed by atoms with Crippen LogP contribution in [-0.4, -0.2) is 15.7 Å². The van der Waals surface area contributed by atoms with Crippen molar-refractivity contribution in [2.45, 2.75) is 31.9 Å². The molecular formula is C7H11NOS. The average molecular weight is 157 g/mol. The predicted molar refractivity (Wildman–Crippen MR) is 44.4 cm³/mol. The second-order valence-electron chi connectivity index (χ2n) is 2.78. The molecule has 1 aliphatic heterocycles. The number of amides is 1. The van der Waals surface area contributed by atoms with E-state index in [1.807, 2.05) is 20.8 Å². The zero-order chi connectivity index (χ0) is 7.78. The van der Waals surface area contributed by atoms with E-state index in [0.29, 0.717) is 0 Å². The van der Waals surface area contributed by atoms with Gasteiger partial charge in [-0.3, -0.25) is 4.79 Å². The number of hydrogen-bond acceptors (Lipinski definition) is 2. The van der Waals surface area contributed by atoms with Crippen LogP contribution in [-0.2, 0) is 4.79 Å². The molecule has 0 N–H and O–H groups in total. The van der Waals surface area contributed by atoms with Gasteiger partial charge in [-0.15, -0.1) is 0 Å². The number of aliphatic imine (C=N–C) groups is 1. The molecule has 0 saturated heterocycles. The molecule has 0 aliphatic carbocycles. The Labute approximate surface area is 65.1 Å². The lowest BCUT2D eigenvalue weighted by molar-refractivity contribution is -0.119. The summed E-state index contributed by atoms with van der Waals surface area (Å²) in [5.74, 6) is 0.00866. The van der Waals surface area contributed by atoms with Gasteiger partial charge < -0.3 is 0 Å². The van der Waals surface area contributed by atoms with Crippen molar-refractivity contribution in [1.29, 1.82) is 0 Å². The number of thioether (sulfide) groups is 1. The normalized spacial score (nSPS) is 23.1. The largest absolute Gasteiger partial charge is 0.271 e. The lowest BCUT2D eigenvalue weighted by atomic mass is 10.2. The molecule has 56 valence electrons. The molecule has 2 nitrogen and oxygen atoms in total. The van der Waals surface area contributed by atoms with Crippen LogP contribution in [0.15, 0.2) is 4.99 Å². The Morgan fingerprint density at radius 2 is 2.20 bits per heavy atom. The van der Waals surface area contributed by atoms with E-state index in [9.17, 15) is 4.79 Å². The number of carbonyl (C=O) groups is 1. The van der Waals surface area contributed by atoms with Crippen molar-refractivity contribution >= 4 is 22.7 Å². The monoisotopic (exact) mass is 157 g/mol. The van der Waals surface area contributed by atoms with Gasteiger partial charge in [-0.25, -0.2) is 4.99 Å². The van der Waals surface area contributed by atoms with Crippen molar-refractivity contribution in [3.63, 3.8) is 0 Å². The predicted octanol–water partition coefficient (Wildman–Crippen LogP) is 1.85. The number of carbonyl (C=O) groups excluding carboxylic acids is 1. The van der Waals surface area contributed by atoms with Crippen LogP contribution in [0.3, 0.4) is 0 Å². The molecule has 0 aromatic rings. The van der Waals surface area contributed by atoms with Crippen LogP contribution in [0.4, 0.5) is 0 Å². The Morgan fingerprint density at radius 3 is 2.40 bits per heavy atom. The molecule has 0 radical (unpaired) electrons. The van der Waals surface area contributed by atoms with Crippen LogP contribution in [0.25, 0.3) is 0 Å². The molecule has 0 aromatic carbocycles. The van der Waals surface area contributed by atoms with E-state index in [4.69, 9.17) is 0 Å². The van der Waals surface area contributed by atoms with Gasteiger partial charge in [-0.1, -0.05) is 18.7 Å². The molecule has 0 fully saturated rings. The third kappa shape index (κ3) is 1.24. The topological polar surface area (TPSA) is 29.4 Å². The van der Waals surface area contributed by atoms with Crippen molar-refractivity contribution in [1.82, 2.24) is 0 Å². The van der Waals surface area contributed by atoms with Crippen LogP contribution in [0, 0.1) is 0 Å². The highest BCUT2D eigenvalue weighted by Gasteiger charge is 2.35. The summed E-state index contributed by atoms with van der Waals surface area (Å²) in [5, 5.41) is 0.968. The van der Waals surface area contributed by atoms with Gasteiger partial charge in [0.05, 0.1) is 9.79 Å². The third-order valence-electron chi connectivity index (χ3n) is 1.42. The minimum Gasteiger partial charge on any atom is -0.271 e. The fraction of sp³-hybridized carbons (Fsp3) is 0.714. The summed E-state index contributed by atoms with van der Waals surface area (Å²) in [5.41, 5.74) is 0. The van der Waals surface area contributed by atoms with E-state index in [0.717, 1.165) is 11.5 Å². The maximum Gasteiger partial charge on any atom is 0.262 e. The molecule has 0 bridgehead atoms. The van der Waals surface area contributed by atoms with E-state index in [2.05, 4.69) is 4.99 Å². The van der Waals surface area contributed by atoms with E-state index in [1.54, 1.807) is 11.8 Å². The molecule has 0 unspecified atom stereocenters. The summed E-state index contributed by atoms with van der Waals surface area (Å²) in [4.78, 5) is 15.0. The van der Waals surface area contributed by atoms with E-state index in [1.165, 1.54) is 0 Å². The molecule has 3 heteroatoms. The molecule has 0 saturated carbocycles. The molecule has 1 rings (SSSR count). The Morgan fingerprint density at radius 1 is 1.60 bits per heavy atom. The molecule has 10 heavy (non-hydrogen) atoms. The third-order valence-corrected chi connectivity index (χ3v) is 2.72. The van der Waals surface area contributed by atoms with Crippen molar-refractivity contribution in [3.8, 4) is 0 Å². The quantitative estimate of drug-likeness (QED) is 0.581. The van der Waals surface area contributed by atoms with Crippen LogP contribution < -0.4 is 0 Å². The summed E-state index contributed by atoms with van der Waals surface area (Å²) in [7, 11) is 0. The maximum atomic E-state index is 11.1. The first-order valence-electron chi connectivity index (χ1n) is 3.37.